The monoisotopic (exact) mass is 268 g/mol. The van der Waals surface area contributed by atoms with Gasteiger partial charge in [0.05, 0.1) is 12.5 Å². The fourth-order valence-electron chi connectivity index (χ4n) is 2.78. The zero-order chi connectivity index (χ0) is 13.8. The molecule has 6 heteroatoms. The summed E-state index contributed by atoms with van der Waals surface area (Å²) in [7, 11) is 1.65. The molecular weight excluding hydrogens is 244 g/mol. The highest BCUT2D eigenvalue weighted by molar-refractivity contribution is 5.80. The van der Waals surface area contributed by atoms with E-state index in [9.17, 15) is 9.59 Å². The van der Waals surface area contributed by atoms with E-state index in [1.807, 2.05) is 4.90 Å². The normalized spacial score (nSPS) is 28.4. The highest BCUT2D eigenvalue weighted by atomic mass is 16.2. The number of hydrogen-bond acceptors (Lipinski definition) is 4. The molecule has 0 aromatic heterocycles. The molecule has 0 aromatic rings. The molecule has 2 heterocycles. The van der Waals surface area contributed by atoms with Crippen molar-refractivity contribution in [3.8, 4) is 0 Å². The number of nitrogens with one attached hydrogen (secondary N) is 2. The summed E-state index contributed by atoms with van der Waals surface area (Å²) in [6.07, 6.45) is 0. The Hall–Kier alpha value is -1.14. The number of piperazine rings is 1. The summed E-state index contributed by atoms with van der Waals surface area (Å²) in [5, 5.41) is 5.90. The van der Waals surface area contributed by atoms with Crippen LogP contribution in [0.3, 0.4) is 0 Å². The van der Waals surface area contributed by atoms with Crippen LogP contribution >= 0.6 is 0 Å². The van der Waals surface area contributed by atoms with Crippen LogP contribution in [0.15, 0.2) is 0 Å². The van der Waals surface area contributed by atoms with Crippen molar-refractivity contribution >= 4 is 11.8 Å². The maximum atomic E-state index is 12.4. The molecule has 2 unspecified atom stereocenters. The summed E-state index contributed by atoms with van der Waals surface area (Å²) in [6.45, 7) is 7.34. The molecule has 108 valence electrons. The molecule has 6 nitrogen and oxygen atoms in total. The molecule has 2 saturated heterocycles. The van der Waals surface area contributed by atoms with Gasteiger partial charge in [-0.3, -0.25) is 14.5 Å². The van der Waals surface area contributed by atoms with Gasteiger partial charge >= 0.3 is 0 Å². The van der Waals surface area contributed by atoms with E-state index < -0.39 is 0 Å². The second kappa shape index (κ2) is 6.34. The lowest BCUT2D eigenvalue weighted by molar-refractivity contribution is -0.137. The third-order valence-electron chi connectivity index (χ3n) is 4.16. The van der Waals surface area contributed by atoms with Crippen molar-refractivity contribution in [3.63, 3.8) is 0 Å². The molecule has 2 aliphatic heterocycles. The molecule has 0 aliphatic carbocycles. The second-order valence-electron chi connectivity index (χ2n) is 5.52. The SMILES string of the molecule is CNC(=O)CN1CCN(C(=O)C2CNCC2C)CC1. The molecule has 2 N–H and O–H groups in total. The van der Waals surface area contributed by atoms with Crippen LogP contribution in [0.2, 0.25) is 0 Å². The van der Waals surface area contributed by atoms with Crippen molar-refractivity contribution in [1.29, 1.82) is 0 Å². The van der Waals surface area contributed by atoms with Gasteiger partial charge in [0.1, 0.15) is 0 Å². The van der Waals surface area contributed by atoms with Gasteiger partial charge in [-0.15, -0.1) is 0 Å². The third-order valence-corrected chi connectivity index (χ3v) is 4.16. The van der Waals surface area contributed by atoms with E-state index in [4.69, 9.17) is 0 Å². The molecule has 0 aromatic carbocycles. The molecule has 0 bridgehead atoms. The van der Waals surface area contributed by atoms with Crippen LogP contribution < -0.4 is 10.6 Å². The maximum absolute atomic E-state index is 12.4. The molecular formula is C13H24N4O2. The van der Waals surface area contributed by atoms with E-state index in [0.717, 1.165) is 39.3 Å². The van der Waals surface area contributed by atoms with Gasteiger partial charge in [-0.2, -0.15) is 0 Å². The van der Waals surface area contributed by atoms with Crippen molar-refractivity contribution in [2.24, 2.45) is 11.8 Å². The first kappa shape index (κ1) is 14.3. The predicted molar refractivity (Wildman–Crippen MR) is 72.6 cm³/mol. The van der Waals surface area contributed by atoms with Gasteiger partial charge in [-0.1, -0.05) is 6.92 Å². The number of rotatable bonds is 3. The Kier molecular flexibility index (Phi) is 4.76. The summed E-state index contributed by atoms with van der Waals surface area (Å²) in [5.41, 5.74) is 0. The number of nitrogens with zero attached hydrogens (tertiary/aromatic N) is 2. The van der Waals surface area contributed by atoms with Crippen LogP contribution in [-0.2, 0) is 9.59 Å². The first-order valence-electron chi connectivity index (χ1n) is 7.04. The average molecular weight is 268 g/mol. The first-order valence-corrected chi connectivity index (χ1v) is 7.04. The molecule has 2 atom stereocenters. The van der Waals surface area contributed by atoms with E-state index in [0.29, 0.717) is 12.5 Å². The molecule has 19 heavy (non-hydrogen) atoms. The quantitative estimate of drug-likeness (QED) is 0.670. The summed E-state index contributed by atoms with van der Waals surface area (Å²) >= 11 is 0. The smallest absolute Gasteiger partial charge is 0.233 e. The minimum atomic E-state index is 0.0355. The number of hydrogen-bond donors (Lipinski definition) is 2. The zero-order valence-corrected chi connectivity index (χ0v) is 11.8. The van der Waals surface area contributed by atoms with E-state index >= 15 is 0 Å². The molecule has 2 amide bonds. The summed E-state index contributed by atoms with van der Waals surface area (Å²) in [5.74, 6) is 0.868. The van der Waals surface area contributed by atoms with E-state index in [2.05, 4.69) is 22.5 Å². The first-order chi connectivity index (χ1) is 9.11. The average Bonchev–Trinajstić information content (AvgIpc) is 2.85. The van der Waals surface area contributed by atoms with Gasteiger partial charge in [0.2, 0.25) is 11.8 Å². The standard InChI is InChI=1S/C13H24N4O2/c1-10-7-15-8-11(10)13(19)17-5-3-16(4-6-17)9-12(18)14-2/h10-11,15H,3-9H2,1-2H3,(H,14,18). The molecule has 0 spiro atoms. The highest BCUT2D eigenvalue weighted by Crippen LogP contribution is 2.19. The Morgan fingerprint density at radius 3 is 2.42 bits per heavy atom. The minimum Gasteiger partial charge on any atom is -0.358 e. The van der Waals surface area contributed by atoms with Gasteiger partial charge in [0, 0.05) is 39.8 Å². The fourth-order valence-corrected chi connectivity index (χ4v) is 2.78. The molecule has 2 aliphatic rings. The fraction of sp³-hybridized carbons (Fsp3) is 0.846. The van der Waals surface area contributed by atoms with E-state index in [1.54, 1.807) is 7.05 Å². The van der Waals surface area contributed by atoms with Crippen molar-refractivity contribution in [3.05, 3.63) is 0 Å². The van der Waals surface area contributed by atoms with Crippen molar-refractivity contribution in [1.82, 2.24) is 20.4 Å². The molecule has 2 fully saturated rings. The molecule has 2 rings (SSSR count). The molecule has 0 radical (unpaired) electrons. The van der Waals surface area contributed by atoms with Gasteiger partial charge in [0.15, 0.2) is 0 Å². The van der Waals surface area contributed by atoms with Crippen molar-refractivity contribution in [2.45, 2.75) is 6.92 Å². The zero-order valence-electron chi connectivity index (χ0n) is 11.8. The lowest BCUT2D eigenvalue weighted by Crippen LogP contribution is -2.52. The highest BCUT2D eigenvalue weighted by Gasteiger charge is 2.34. The van der Waals surface area contributed by atoms with Crippen molar-refractivity contribution < 1.29 is 9.59 Å². The van der Waals surface area contributed by atoms with Crippen LogP contribution in [0.25, 0.3) is 0 Å². The number of likely N-dealkylation sites (N-methyl/N-ethyl adjacent to an activating group) is 1. The Balaban J connectivity index is 1.79. The maximum Gasteiger partial charge on any atom is 0.233 e. The van der Waals surface area contributed by atoms with Gasteiger partial charge in [0.25, 0.3) is 0 Å². The van der Waals surface area contributed by atoms with Crippen LogP contribution in [-0.4, -0.2) is 74.5 Å². The lowest BCUT2D eigenvalue weighted by atomic mass is 9.96. The Morgan fingerprint density at radius 2 is 1.89 bits per heavy atom. The van der Waals surface area contributed by atoms with Crippen LogP contribution in [0.4, 0.5) is 0 Å². The number of carbonyl (C=O) groups is 2. The topological polar surface area (TPSA) is 64.7 Å². The predicted octanol–water partition coefficient (Wildman–Crippen LogP) is -1.27. The minimum absolute atomic E-state index is 0.0355. The van der Waals surface area contributed by atoms with E-state index in [-0.39, 0.29) is 17.7 Å². The Labute approximate surface area is 114 Å². The molecule has 0 saturated carbocycles. The summed E-state index contributed by atoms with van der Waals surface area (Å²) in [6, 6.07) is 0. The number of carbonyl (C=O) groups excluding carboxylic acids is 2. The Morgan fingerprint density at radius 1 is 1.21 bits per heavy atom. The van der Waals surface area contributed by atoms with Gasteiger partial charge in [-0.05, 0) is 12.5 Å². The van der Waals surface area contributed by atoms with Gasteiger partial charge < -0.3 is 15.5 Å². The van der Waals surface area contributed by atoms with Crippen LogP contribution in [0, 0.1) is 11.8 Å². The van der Waals surface area contributed by atoms with E-state index in [1.165, 1.54) is 0 Å². The van der Waals surface area contributed by atoms with Crippen LogP contribution in [0.1, 0.15) is 6.92 Å². The summed E-state index contributed by atoms with van der Waals surface area (Å²) < 4.78 is 0. The Bertz CT molecular complexity index is 340. The third kappa shape index (κ3) is 3.45. The largest absolute Gasteiger partial charge is 0.358 e. The second-order valence-corrected chi connectivity index (χ2v) is 5.52. The van der Waals surface area contributed by atoms with Gasteiger partial charge in [-0.25, -0.2) is 0 Å². The lowest BCUT2D eigenvalue weighted by Gasteiger charge is -2.36. The van der Waals surface area contributed by atoms with Crippen LogP contribution in [0.5, 0.6) is 0 Å². The number of amides is 2. The summed E-state index contributed by atoms with van der Waals surface area (Å²) in [4.78, 5) is 27.7. The van der Waals surface area contributed by atoms with Crippen molar-refractivity contribution in [2.75, 3.05) is 52.9 Å².